The van der Waals surface area contributed by atoms with Gasteiger partial charge in [0.2, 0.25) is 10.0 Å². The first-order chi connectivity index (χ1) is 11.7. The fourth-order valence-corrected chi connectivity index (χ4v) is 3.87. The van der Waals surface area contributed by atoms with Crippen LogP contribution in [0.4, 0.5) is 0 Å². The lowest BCUT2D eigenvalue weighted by molar-refractivity contribution is 0.0657. The molecule has 0 aliphatic rings. The fourth-order valence-electron chi connectivity index (χ4n) is 2.41. The van der Waals surface area contributed by atoms with Gasteiger partial charge >= 0.3 is 0 Å². The molecule has 0 spiro atoms. The van der Waals surface area contributed by atoms with Crippen molar-refractivity contribution in [3.8, 4) is 5.75 Å². The molecule has 2 aromatic rings. The first-order valence-corrected chi connectivity index (χ1v) is 9.79. The van der Waals surface area contributed by atoms with E-state index in [4.69, 9.17) is 16.3 Å². The van der Waals surface area contributed by atoms with Crippen LogP contribution in [-0.4, -0.2) is 32.8 Å². The summed E-state index contributed by atoms with van der Waals surface area (Å²) in [6.07, 6.45) is 0.316. The van der Waals surface area contributed by atoms with Gasteiger partial charge in [0.05, 0.1) is 18.5 Å². The normalized spacial score (nSPS) is 14.1. The molecule has 0 saturated carbocycles. The van der Waals surface area contributed by atoms with E-state index >= 15 is 0 Å². The van der Waals surface area contributed by atoms with E-state index in [0.717, 1.165) is 11.3 Å². The van der Waals surface area contributed by atoms with Crippen LogP contribution in [0.25, 0.3) is 0 Å². The zero-order chi connectivity index (χ0) is 18.5. The molecule has 0 saturated heterocycles. The van der Waals surface area contributed by atoms with Crippen molar-refractivity contribution in [3.63, 3.8) is 0 Å². The lowest BCUT2D eigenvalue weighted by Gasteiger charge is -2.24. The van der Waals surface area contributed by atoms with Crippen LogP contribution in [0.5, 0.6) is 5.75 Å². The number of hydrogen-bond acceptors (Lipinski definition) is 4. The number of nitrogens with one attached hydrogen (secondary N) is 1. The summed E-state index contributed by atoms with van der Waals surface area (Å²) in [6.45, 7) is 1.51. The van der Waals surface area contributed by atoms with Crippen molar-refractivity contribution < 1.29 is 18.3 Å². The second-order valence-electron chi connectivity index (χ2n) is 6.23. The summed E-state index contributed by atoms with van der Waals surface area (Å²) < 4.78 is 32.0. The highest BCUT2D eigenvalue weighted by Gasteiger charge is 2.24. The minimum Gasteiger partial charge on any atom is -0.497 e. The number of rotatable bonds is 8. The van der Waals surface area contributed by atoms with E-state index in [1.165, 1.54) is 0 Å². The highest BCUT2D eigenvalue weighted by molar-refractivity contribution is 7.88. The maximum Gasteiger partial charge on any atom is 0.215 e. The molecule has 25 heavy (non-hydrogen) atoms. The maximum absolute atomic E-state index is 12.2. The average Bonchev–Trinajstić information content (AvgIpc) is 2.53. The Bertz CT molecular complexity index is 804. The summed E-state index contributed by atoms with van der Waals surface area (Å²) >= 11 is 5.87. The Hall–Kier alpha value is -1.60. The minimum atomic E-state index is -3.58. The van der Waals surface area contributed by atoms with Crippen molar-refractivity contribution in [2.24, 2.45) is 0 Å². The maximum atomic E-state index is 12.2. The Morgan fingerprint density at radius 1 is 1.16 bits per heavy atom. The largest absolute Gasteiger partial charge is 0.497 e. The number of methoxy groups -OCH3 is 1. The van der Waals surface area contributed by atoms with Crippen LogP contribution in [0.2, 0.25) is 5.02 Å². The van der Waals surface area contributed by atoms with Gasteiger partial charge < -0.3 is 9.84 Å². The Morgan fingerprint density at radius 3 is 2.44 bits per heavy atom. The van der Waals surface area contributed by atoms with Gasteiger partial charge in [0.1, 0.15) is 5.75 Å². The van der Waals surface area contributed by atoms with Gasteiger partial charge in [-0.1, -0.05) is 35.9 Å². The first kappa shape index (κ1) is 19.7. The van der Waals surface area contributed by atoms with E-state index in [-0.39, 0.29) is 12.3 Å². The molecular formula is C18H22ClNO4S. The molecule has 0 heterocycles. The third-order valence-electron chi connectivity index (χ3n) is 3.66. The average molecular weight is 384 g/mol. The van der Waals surface area contributed by atoms with Crippen molar-refractivity contribution in [1.29, 1.82) is 0 Å². The lowest BCUT2D eigenvalue weighted by Crippen LogP contribution is -2.42. The zero-order valence-electron chi connectivity index (χ0n) is 14.2. The number of aliphatic hydroxyl groups is 1. The molecule has 0 aliphatic carbocycles. The standard InChI is InChI=1S/C18H22ClNO4S/c1-18(21,11-14-6-8-17(24-2)9-7-14)13-20-25(22,23)12-15-4-3-5-16(19)10-15/h3-10,20-21H,11-13H2,1-2H3. The first-order valence-electron chi connectivity index (χ1n) is 7.76. The summed E-state index contributed by atoms with van der Waals surface area (Å²) in [5.41, 5.74) is 0.269. The van der Waals surface area contributed by atoms with E-state index in [1.807, 2.05) is 12.1 Å². The minimum absolute atomic E-state index is 0.0814. The van der Waals surface area contributed by atoms with Crippen LogP contribution in [0.15, 0.2) is 48.5 Å². The molecule has 5 nitrogen and oxygen atoms in total. The Labute approximate surface area is 153 Å². The number of hydrogen-bond donors (Lipinski definition) is 2. The monoisotopic (exact) mass is 383 g/mol. The molecule has 2 aromatic carbocycles. The molecule has 2 N–H and O–H groups in total. The smallest absolute Gasteiger partial charge is 0.215 e. The second-order valence-corrected chi connectivity index (χ2v) is 8.48. The van der Waals surface area contributed by atoms with Gasteiger partial charge in [-0.3, -0.25) is 0 Å². The van der Waals surface area contributed by atoms with Gasteiger partial charge in [-0.2, -0.15) is 0 Å². The number of halogens is 1. The molecule has 2 rings (SSSR count). The summed E-state index contributed by atoms with van der Waals surface area (Å²) in [5.74, 6) is 0.539. The van der Waals surface area contributed by atoms with Crippen molar-refractivity contribution in [1.82, 2.24) is 4.72 Å². The summed E-state index contributed by atoms with van der Waals surface area (Å²) in [5, 5.41) is 11.0. The van der Waals surface area contributed by atoms with E-state index < -0.39 is 15.6 Å². The van der Waals surface area contributed by atoms with Gasteiger partial charge in [0.25, 0.3) is 0 Å². The Kier molecular flexibility index (Phi) is 6.46. The van der Waals surface area contributed by atoms with Crippen molar-refractivity contribution in [3.05, 3.63) is 64.7 Å². The van der Waals surface area contributed by atoms with Crippen LogP contribution >= 0.6 is 11.6 Å². The molecule has 7 heteroatoms. The van der Waals surface area contributed by atoms with Gasteiger partial charge in [-0.25, -0.2) is 13.1 Å². The predicted octanol–water partition coefficient (Wildman–Crippen LogP) is 2.76. The van der Waals surface area contributed by atoms with E-state index in [9.17, 15) is 13.5 Å². The third kappa shape index (κ3) is 6.66. The highest BCUT2D eigenvalue weighted by atomic mass is 35.5. The van der Waals surface area contributed by atoms with Crippen molar-refractivity contribution in [2.75, 3.05) is 13.7 Å². The van der Waals surface area contributed by atoms with E-state index in [2.05, 4.69) is 4.72 Å². The fraction of sp³-hybridized carbons (Fsp3) is 0.333. The third-order valence-corrected chi connectivity index (χ3v) is 5.20. The molecular weight excluding hydrogens is 362 g/mol. The summed E-state index contributed by atoms with van der Waals surface area (Å²) in [4.78, 5) is 0. The molecule has 0 radical (unpaired) electrons. The van der Waals surface area contributed by atoms with Crippen LogP contribution in [-0.2, 0) is 22.2 Å². The zero-order valence-corrected chi connectivity index (χ0v) is 15.8. The summed E-state index contributed by atoms with van der Waals surface area (Å²) in [7, 11) is -1.99. The quantitative estimate of drug-likeness (QED) is 0.735. The van der Waals surface area contributed by atoms with Crippen molar-refractivity contribution >= 4 is 21.6 Å². The topological polar surface area (TPSA) is 75.6 Å². The van der Waals surface area contributed by atoms with E-state index in [1.54, 1.807) is 50.4 Å². The second kappa shape index (κ2) is 8.19. The van der Waals surface area contributed by atoms with Crippen LogP contribution in [0.1, 0.15) is 18.1 Å². The van der Waals surface area contributed by atoms with Crippen molar-refractivity contribution in [2.45, 2.75) is 24.7 Å². The number of sulfonamides is 1. The molecule has 1 atom stereocenters. The SMILES string of the molecule is COc1ccc(CC(C)(O)CNS(=O)(=O)Cc2cccc(Cl)c2)cc1. The lowest BCUT2D eigenvalue weighted by atomic mass is 9.97. The van der Waals surface area contributed by atoms with Gasteiger partial charge in [0, 0.05) is 18.0 Å². The molecule has 0 bridgehead atoms. The Morgan fingerprint density at radius 2 is 1.84 bits per heavy atom. The van der Waals surface area contributed by atoms with Crippen LogP contribution in [0.3, 0.4) is 0 Å². The summed E-state index contributed by atoms with van der Waals surface area (Å²) in [6, 6.07) is 14.0. The van der Waals surface area contributed by atoms with Gasteiger partial charge in [-0.05, 0) is 42.3 Å². The number of ether oxygens (including phenoxy) is 1. The molecule has 0 fully saturated rings. The molecule has 0 amide bonds. The van der Waals surface area contributed by atoms with Crippen LogP contribution in [0, 0.1) is 0 Å². The molecule has 0 aliphatic heterocycles. The molecule has 1 unspecified atom stereocenters. The predicted molar refractivity (Wildman–Crippen MR) is 99.4 cm³/mol. The van der Waals surface area contributed by atoms with E-state index in [0.29, 0.717) is 17.0 Å². The van der Waals surface area contributed by atoms with Gasteiger partial charge in [0.15, 0.2) is 0 Å². The molecule has 0 aromatic heterocycles. The van der Waals surface area contributed by atoms with Crippen LogP contribution < -0.4 is 9.46 Å². The number of benzene rings is 2. The molecule has 136 valence electrons. The highest BCUT2D eigenvalue weighted by Crippen LogP contribution is 2.17. The van der Waals surface area contributed by atoms with Gasteiger partial charge in [-0.15, -0.1) is 0 Å². The Balaban J connectivity index is 1.95.